The van der Waals surface area contributed by atoms with E-state index in [-0.39, 0.29) is 13.1 Å². The summed E-state index contributed by atoms with van der Waals surface area (Å²) in [5.41, 5.74) is -1.28. The van der Waals surface area contributed by atoms with Gasteiger partial charge in [0.15, 0.2) is 0 Å². The van der Waals surface area contributed by atoms with Crippen LogP contribution in [0.4, 0.5) is 13.2 Å². The molecular formula is C13H16F3N3O5S. The van der Waals surface area contributed by atoms with Crippen LogP contribution in [-0.2, 0) is 25.8 Å². The van der Waals surface area contributed by atoms with Gasteiger partial charge in [-0.3, -0.25) is 14.6 Å². The number of amides is 1. The average Bonchev–Trinajstić information content (AvgIpc) is 2.49. The Balaban J connectivity index is 3.17. The zero-order valence-electron chi connectivity index (χ0n) is 13.2. The Kier molecular flexibility index (Phi) is 6.48. The Labute approximate surface area is 141 Å². The maximum absolute atomic E-state index is 12.5. The molecule has 0 bridgehead atoms. The fraction of sp³-hybridized carbons (Fsp3) is 0.462. The van der Waals surface area contributed by atoms with E-state index in [1.807, 2.05) is 0 Å². The first-order valence-corrected chi connectivity index (χ1v) is 8.33. The number of aliphatic carboxylic acids is 1. The molecule has 0 radical (unpaired) electrons. The minimum absolute atomic E-state index is 0.166. The highest BCUT2D eigenvalue weighted by atomic mass is 32.2. The number of nitrogens with zero attached hydrogens (tertiary/aromatic N) is 2. The van der Waals surface area contributed by atoms with Gasteiger partial charge in [0.05, 0.1) is 0 Å². The molecule has 12 heteroatoms. The Morgan fingerprint density at radius 2 is 1.96 bits per heavy atom. The second kappa shape index (κ2) is 7.78. The number of pyridine rings is 1. The van der Waals surface area contributed by atoms with Crippen molar-refractivity contribution in [2.75, 3.05) is 13.1 Å². The van der Waals surface area contributed by atoms with Gasteiger partial charge in [-0.2, -0.15) is 17.5 Å². The number of aromatic nitrogens is 1. The molecule has 0 aliphatic rings. The summed E-state index contributed by atoms with van der Waals surface area (Å²) in [5, 5.41) is 11.4. The molecule has 1 aromatic heterocycles. The molecule has 0 saturated heterocycles. The summed E-state index contributed by atoms with van der Waals surface area (Å²) in [7, 11) is -4.43. The van der Waals surface area contributed by atoms with E-state index in [1.165, 1.54) is 6.92 Å². The molecule has 1 heterocycles. The van der Waals surface area contributed by atoms with Crippen molar-refractivity contribution in [1.29, 1.82) is 0 Å². The zero-order valence-corrected chi connectivity index (χ0v) is 14.1. The highest BCUT2D eigenvalue weighted by Crippen LogP contribution is 2.28. The number of carboxylic acids is 1. The predicted molar refractivity (Wildman–Crippen MR) is 78.9 cm³/mol. The number of alkyl halides is 3. The van der Waals surface area contributed by atoms with Crippen LogP contribution in [0.5, 0.6) is 0 Å². The molecule has 140 valence electrons. The van der Waals surface area contributed by atoms with Crippen LogP contribution in [0.25, 0.3) is 0 Å². The number of halogens is 3. The molecule has 1 unspecified atom stereocenters. The molecule has 0 fully saturated rings. The minimum Gasteiger partial charge on any atom is -0.480 e. The average molecular weight is 383 g/mol. The van der Waals surface area contributed by atoms with Crippen molar-refractivity contribution in [3.05, 3.63) is 24.0 Å². The number of carbonyl (C=O) groups excluding carboxylic acids is 1. The molecule has 1 aromatic rings. The van der Waals surface area contributed by atoms with Crippen LogP contribution in [0.3, 0.4) is 0 Å². The monoisotopic (exact) mass is 383 g/mol. The smallest absolute Gasteiger partial charge is 0.433 e. The number of nitrogens with one attached hydrogen (secondary N) is 1. The van der Waals surface area contributed by atoms with Crippen LogP contribution in [0, 0.1) is 0 Å². The third kappa shape index (κ3) is 5.39. The molecule has 1 atom stereocenters. The maximum Gasteiger partial charge on any atom is 0.433 e. The Bertz CT molecular complexity index is 734. The largest absolute Gasteiger partial charge is 0.480 e. The number of hydrogen-bond donors (Lipinski definition) is 2. The molecule has 2 N–H and O–H groups in total. The van der Waals surface area contributed by atoms with Crippen molar-refractivity contribution < 1.29 is 36.3 Å². The molecule has 1 rings (SSSR count). The molecule has 0 aliphatic heterocycles. The maximum atomic E-state index is 12.5. The lowest BCUT2D eigenvalue weighted by Gasteiger charge is -2.25. The number of carboxylic acid groups (broad SMARTS) is 1. The van der Waals surface area contributed by atoms with Crippen molar-refractivity contribution >= 4 is 21.9 Å². The van der Waals surface area contributed by atoms with Gasteiger partial charge in [0.25, 0.3) is 0 Å². The normalized spacial score (nSPS) is 13.5. The third-order valence-corrected chi connectivity index (χ3v) is 5.08. The summed E-state index contributed by atoms with van der Waals surface area (Å²) in [6, 6.07) is -0.309. The van der Waals surface area contributed by atoms with E-state index in [9.17, 15) is 31.2 Å². The molecule has 8 nitrogen and oxygen atoms in total. The van der Waals surface area contributed by atoms with Crippen LogP contribution < -0.4 is 5.32 Å². The third-order valence-electron chi connectivity index (χ3n) is 3.13. The lowest BCUT2D eigenvalue weighted by Crippen LogP contribution is -2.46. The SMILES string of the molecule is CC(=O)NCCN(C(C)C(=O)O)S(=O)(=O)c1ccc(C(F)(F)F)nc1. The van der Waals surface area contributed by atoms with E-state index in [0.29, 0.717) is 22.6 Å². The van der Waals surface area contributed by atoms with E-state index in [0.717, 1.165) is 6.92 Å². The zero-order chi connectivity index (χ0) is 19.4. The number of rotatable bonds is 7. The van der Waals surface area contributed by atoms with Gasteiger partial charge in [0.2, 0.25) is 15.9 Å². The summed E-state index contributed by atoms with van der Waals surface area (Å²) < 4.78 is 63.2. The van der Waals surface area contributed by atoms with Crippen molar-refractivity contribution in [1.82, 2.24) is 14.6 Å². The Morgan fingerprint density at radius 3 is 2.36 bits per heavy atom. The first kappa shape index (κ1) is 20.8. The van der Waals surface area contributed by atoms with Crippen LogP contribution in [0.1, 0.15) is 19.5 Å². The summed E-state index contributed by atoms with van der Waals surface area (Å²) in [6.07, 6.45) is -4.22. The molecule has 25 heavy (non-hydrogen) atoms. The van der Waals surface area contributed by atoms with Crippen LogP contribution >= 0.6 is 0 Å². The van der Waals surface area contributed by atoms with Crippen molar-refractivity contribution in [2.24, 2.45) is 0 Å². The van der Waals surface area contributed by atoms with Gasteiger partial charge in [0.1, 0.15) is 16.6 Å². The Hall–Kier alpha value is -2.21. The topological polar surface area (TPSA) is 117 Å². The van der Waals surface area contributed by atoms with E-state index < -0.39 is 44.7 Å². The first-order chi connectivity index (χ1) is 11.4. The molecule has 1 amide bonds. The van der Waals surface area contributed by atoms with E-state index in [4.69, 9.17) is 5.11 Å². The molecular weight excluding hydrogens is 367 g/mol. The number of carbonyl (C=O) groups is 2. The lowest BCUT2D eigenvalue weighted by atomic mass is 10.3. The van der Waals surface area contributed by atoms with Gasteiger partial charge in [-0.1, -0.05) is 0 Å². The fourth-order valence-corrected chi connectivity index (χ4v) is 3.36. The van der Waals surface area contributed by atoms with E-state index in [1.54, 1.807) is 0 Å². The molecule has 0 aliphatic carbocycles. The highest BCUT2D eigenvalue weighted by Gasteiger charge is 2.35. The minimum atomic E-state index is -4.73. The summed E-state index contributed by atoms with van der Waals surface area (Å²) >= 11 is 0. The summed E-state index contributed by atoms with van der Waals surface area (Å²) in [6.45, 7) is 1.75. The highest BCUT2D eigenvalue weighted by molar-refractivity contribution is 7.89. The van der Waals surface area contributed by atoms with Crippen molar-refractivity contribution in [3.63, 3.8) is 0 Å². The predicted octanol–water partition coefficient (Wildman–Crippen LogP) is 0.700. The second-order valence-corrected chi connectivity index (χ2v) is 6.88. The van der Waals surface area contributed by atoms with E-state index in [2.05, 4.69) is 10.3 Å². The number of sulfonamides is 1. The quantitative estimate of drug-likeness (QED) is 0.716. The number of hydrogen-bond acceptors (Lipinski definition) is 5. The van der Waals surface area contributed by atoms with Gasteiger partial charge in [0, 0.05) is 26.2 Å². The Morgan fingerprint density at radius 1 is 1.36 bits per heavy atom. The molecule has 0 spiro atoms. The second-order valence-electron chi connectivity index (χ2n) is 4.99. The van der Waals surface area contributed by atoms with Crippen LogP contribution in [0.2, 0.25) is 0 Å². The van der Waals surface area contributed by atoms with Crippen LogP contribution in [0.15, 0.2) is 23.2 Å². The van der Waals surface area contributed by atoms with Gasteiger partial charge in [-0.05, 0) is 19.1 Å². The summed E-state index contributed by atoms with van der Waals surface area (Å²) in [5.74, 6) is -1.90. The standard InChI is InChI=1S/C13H16F3N3O5S/c1-8(12(21)22)19(6-5-17-9(2)20)25(23,24)10-3-4-11(18-7-10)13(14,15)16/h3-4,7-8H,5-6H2,1-2H3,(H,17,20)(H,21,22). The van der Waals surface area contributed by atoms with Crippen LogP contribution in [-0.4, -0.2) is 53.8 Å². The summed E-state index contributed by atoms with van der Waals surface area (Å²) in [4.78, 5) is 24.5. The lowest BCUT2D eigenvalue weighted by molar-refractivity contribution is -0.141. The van der Waals surface area contributed by atoms with Gasteiger partial charge in [-0.25, -0.2) is 8.42 Å². The van der Waals surface area contributed by atoms with E-state index >= 15 is 0 Å². The van der Waals surface area contributed by atoms with Gasteiger partial charge >= 0.3 is 12.1 Å². The van der Waals surface area contributed by atoms with Crippen molar-refractivity contribution in [2.45, 2.75) is 31.0 Å². The first-order valence-electron chi connectivity index (χ1n) is 6.89. The fourth-order valence-electron chi connectivity index (χ4n) is 1.82. The molecule has 0 saturated carbocycles. The van der Waals surface area contributed by atoms with Crippen molar-refractivity contribution in [3.8, 4) is 0 Å². The molecule has 0 aromatic carbocycles. The van der Waals surface area contributed by atoms with Gasteiger partial charge in [-0.15, -0.1) is 0 Å². The van der Waals surface area contributed by atoms with Gasteiger partial charge < -0.3 is 10.4 Å².